The van der Waals surface area contributed by atoms with Crippen LogP contribution in [0.5, 0.6) is 0 Å². The second kappa shape index (κ2) is 5.78. The van der Waals surface area contributed by atoms with E-state index in [4.69, 9.17) is 4.52 Å². The van der Waals surface area contributed by atoms with Crippen molar-refractivity contribution < 1.29 is 4.52 Å². The Kier molecular flexibility index (Phi) is 4.10. The van der Waals surface area contributed by atoms with Crippen molar-refractivity contribution in [2.45, 2.75) is 33.7 Å². The highest BCUT2D eigenvalue weighted by Gasteiger charge is 2.03. The summed E-state index contributed by atoms with van der Waals surface area (Å²) in [5.74, 6) is 1.39. The molecule has 0 radical (unpaired) electrons. The molecular weight excluding hydrogens is 226 g/mol. The van der Waals surface area contributed by atoms with Crippen LogP contribution in [0.25, 0.3) is 0 Å². The molecule has 0 atom stereocenters. The fraction of sp³-hybridized carbons (Fsp3) is 0.429. The minimum absolute atomic E-state index is 0.694. The molecule has 0 saturated heterocycles. The van der Waals surface area contributed by atoms with Crippen LogP contribution < -0.4 is 5.32 Å². The van der Waals surface area contributed by atoms with Crippen LogP contribution in [-0.2, 0) is 13.0 Å². The summed E-state index contributed by atoms with van der Waals surface area (Å²) >= 11 is 0. The molecule has 0 aliphatic heterocycles. The summed E-state index contributed by atoms with van der Waals surface area (Å²) in [7, 11) is 0. The van der Waals surface area contributed by atoms with Crippen molar-refractivity contribution in [3.05, 3.63) is 46.6 Å². The highest BCUT2D eigenvalue weighted by atomic mass is 16.5. The molecule has 2 rings (SSSR count). The fourth-order valence-electron chi connectivity index (χ4n) is 1.98. The summed E-state index contributed by atoms with van der Waals surface area (Å²) in [4.78, 5) is 4.17. The van der Waals surface area contributed by atoms with Crippen LogP contribution in [0.4, 0.5) is 0 Å². The van der Waals surface area contributed by atoms with Crippen LogP contribution in [0.1, 0.15) is 28.4 Å². The van der Waals surface area contributed by atoms with E-state index in [2.05, 4.69) is 47.5 Å². The molecule has 0 fully saturated rings. The van der Waals surface area contributed by atoms with Gasteiger partial charge in [0.25, 0.3) is 0 Å². The summed E-state index contributed by atoms with van der Waals surface area (Å²) < 4.78 is 5.06. The standard InChI is InChI=1S/C14H19N3O/c1-10-5-4-6-11(2)13(10)9-15-8-7-14-16-12(3)17-18-14/h4-6,15H,7-9H2,1-3H3. The molecule has 18 heavy (non-hydrogen) atoms. The van der Waals surface area contributed by atoms with Crippen LogP contribution in [-0.4, -0.2) is 16.7 Å². The van der Waals surface area contributed by atoms with Gasteiger partial charge in [-0.1, -0.05) is 23.4 Å². The Hall–Kier alpha value is -1.68. The second-order valence-electron chi connectivity index (χ2n) is 4.53. The molecule has 4 nitrogen and oxygen atoms in total. The number of aromatic nitrogens is 2. The van der Waals surface area contributed by atoms with Gasteiger partial charge in [-0.3, -0.25) is 0 Å². The molecule has 0 unspecified atom stereocenters. The van der Waals surface area contributed by atoms with Gasteiger partial charge >= 0.3 is 0 Å². The second-order valence-corrected chi connectivity index (χ2v) is 4.53. The van der Waals surface area contributed by atoms with Crippen molar-refractivity contribution in [2.24, 2.45) is 0 Å². The van der Waals surface area contributed by atoms with Gasteiger partial charge in [0.1, 0.15) is 0 Å². The van der Waals surface area contributed by atoms with Gasteiger partial charge in [0, 0.05) is 19.5 Å². The molecule has 0 aliphatic rings. The molecule has 2 aromatic rings. The van der Waals surface area contributed by atoms with Gasteiger partial charge in [-0.05, 0) is 37.5 Å². The highest BCUT2D eigenvalue weighted by Crippen LogP contribution is 2.12. The van der Waals surface area contributed by atoms with Gasteiger partial charge in [-0.15, -0.1) is 0 Å². The van der Waals surface area contributed by atoms with Crippen molar-refractivity contribution >= 4 is 0 Å². The molecule has 0 amide bonds. The van der Waals surface area contributed by atoms with E-state index in [0.717, 1.165) is 19.5 Å². The van der Waals surface area contributed by atoms with E-state index in [0.29, 0.717) is 11.7 Å². The van der Waals surface area contributed by atoms with E-state index in [-0.39, 0.29) is 0 Å². The number of rotatable bonds is 5. The molecule has 1 aromatic heterocycles. The molecule has 1 heterocycles. The number of hydrogen-bond acceptors (Lipinski definition) is 4. The zero-order chi connectivity index (χ0) is 13.0. The third-order valence-electron chi connectivity index (χ3n) is 3.03. The maximum atomic E-state index is 5.06. The highest BCUT2D eigenvalue weighted by molar-refractivity contribution is 5.33. The van der Waals surface area contributed by atoms with Gasteiger partial charge < -0.3 is 9.84 Å². The SMILES string of the molecule is Cc1noc(CCNCc2c(C)cccc2C)n1. The zero-order valence-electron chi connectivity index (χ0n) is 11.2. The van der Waals surface area contributed by atoms with Gasteiger partial charge in [0.2, 0.25) is 5.89 Å². The van der Waals surface area contributed by atoms with Crippen LogP contribution in [0.15, 0.2) is 22.7 Å². The van der Waals surface area contributed by atoms with Crippen LogP contribution >= 0.6 is 0 Å². The number of nitrogens with one attached hydrogen (secondary N) is 1. The lowest BCUT2D eigenvalue weighted by atomic mass is 10.0. The number of aryl methyl sites for hydroxylation is 3. The molecule has 0 saturated carbocycles. The zero-order valence-corrected chi connectivity index (χ0v) is 11.2. The first-order valence-electron chi connectivity index (χ1n) is 6.22. The largest absolute Gasteiger partial charge is 0.339 e. The Bertz CT molecular complexity index is 499. The van der Waals surface area contributed by atoms with Gasteiger partial charge in [0.05, 0.1) is 0 Å². The Morgan fingerprint density at radius 1 is 1.17 bits per heavy atom. The quantitative estimate of drug-likeness (QED) is 0.821. The minimum atomic E-state index is 0.694. The third kappa shape index (κ3) is 3.17. The lowest BCUT2D eigenvalue weighted by Crippen LogP contribution is -2.18. The van der Waals surface area contributed by atoms with E-state index in [9.17, 15) is 0 Å². The van der Waals surface area contributed by atoms with Crippen molar-refractivity contribution in [2.75, 3.05) is 6.54 Å². The van der Waals surface area contributed by atoms with Crippen molar-refractivity contribution in [1.82, 2.24) is 15.5 Å². The summed E-state index contributed by atoms with van der Waals surface area (Å²) in [6, 6.07) is 6.38. The summed E-state index contributed by atoms with van der Waals surface area (Å²) in [5.41, 5.74) is 4.03. The maximum Gasteiger partial charge on any atom is 0.227 e. The summed E-state index contributed by atoms with van der Waals surface area (Å²) in [6.45, 7) is 7.84. The van der Waals surface area contributed by atoms with E-state index in [1.807, 2.05) is 6.92 Å². The average molecular weight is 245 g/mol. The maximum absolute atomic E-state index is 5.06. The van der Waals surface area contributed by atoms with E-state index in [1.54, 1.807) is 0 Å². The Balaban J connectivity index is 1.82. The van der Waals surface area contributed by atoms with E-state index >= 15 is 0 Å². The lowest BCUT2D eigenvalue weighted by molar-refractivity contribution is 0.372. The van der Waals surface area contributed by atoms with Gasteiger partial charge in [0.15, 0.2) is 5.82 Å². The molecule has 1 aromatic carbocycles. The minimum Gasteiger partial charge on any atom is -0.339 e. The topological polar surface area (TPSA) is 51.0 Å². The Labute approximate surface area is 107 Å². The number of nitrogens with zero attached hydrogens (tertiary/aromatic N) is 2. The third-order valence-corrected chi connectivity index (χ3v) is 3.03. The van der Waals surface area contributed by atoms with E-state index in [1.165, 1.54) is 16.7 Å². The first-order chi connectivity index (χ1) is 8.66. The fourth-order valence-corrected chi connectivity index (χ4v) is 1.98. The Morgan fingerprint density at radius 3 is 2.50 bits per heavy atom. The van der Waals surface area contributed by atoms with Crippen LogP contribution in [0.2, 0.25) is 0 Å². The predicted octanol–water partition coefficient (Wildman–Crippen LogP) is 2.33. The number of hydrogen-bond donors (Lipinski definition) is 1. The van der Waals surface area contributed by atoms with Gasteiger partial charge in [-0.2, -0.15) is 4.98 Å². The average Bonchev–Trinajstić information content (AvgIpc) is 2.73. The molecule has 1 N–H and O–H groups in total. The van der Waals surface area contributed by atoms with Gasteiger partial charge in [-0.25, -0.2) is 0 Å². The molecule has 0 spiro atoms. The van der Waals surface area contributed by atoms with Crippen LogP contribution in [0, 0.1) is 20.8 Å². The molecule has 0 aliphatic carbocycles. The molecular formula is C14H19N3O. The summed E-state index contributed by atoms with van der Waals surface area (Å²) in [5, 5.41) is 7.18. The first kappa shape index (κ1) is 12.8. The normalized spacial score (nSPS) is 10.8. The van der Waals surface area contributed by atoms with Crippen molar-refractivity contribution in [3.8, 4) is 0 Å². The smallest absolute Gasteiger partial charge is 0.227 e. The van der Waals surface area contributed by atoms with E-state index < -0.39 is 0 Å². The Morgan fingerprint density at radius 2 is 1.89 bits per heavy atom. The molecule has 0 bridgehead atoms. The predicted molar refractivity (Wildman–Crippen MR) is 70.4 cm³/mol. The van der Waals surface area contributed by atoms with Crippen molar-refractivity contribution in [3.63, 3.8) is 0 Å². The molecule has 96 valence electrons. The molecule has 4 heteroatoms. The lowest BCUT2D eigenvalue weighted by Gasteiger charge is -2.10. The number of benzene rings is 1. The summed E-state index contributed by atoms with van der Waals surface area (Å²) in [6.07, 6.45) is 0.770. The monoisotopic (exact) mass is 245 g/mol. The first-order valence-corrected chi connectivity index (χ1v) is 6.22. The van der Waals surface area contributed by atoms with Crippen molar-refractivity contribution in [1.29, 1.82) is 0 Å². The van der Waals surface area contributed by atoms with Crippen LogP contribution in [0.3, 0.4) is 0 Å².